The molecule has 1 fully saturated rings. The molecule has 2 heterocycles. The third-order valence-corrected chi connectivity index (χ3v) is 7.19. The average Bonchev–Trinajstić information content (AvgIpc) is 2.73. The van der Waals surface area contributed by atoms with Gasteiger partial charge < -0.3 is 15.4 Å². The number of hydrogen-bond donors (Lipinski definition) is 2. The van der Waals surface area contributed by atoms with Gasteiger partial charge in [-0.15, -0.1) is 0 Å². The van der Waals surface area contributed by atoms with Crippen molar-refractivity contribution < 1.29 is 22.7 Å². The van der Waals surface area contributed by atoms with Crippen molar-refractivity contribution in [3.05, 3.63) is 41.1 Å². The summed E-state index contributed by atoms with van der Waals surface area (Å²) < 4.78 is 33.1. The lowest BCUT2D eigenvalue weighted by Crippen LogP contribution is -2.46. The molecule has 8 nitrogen and oxygen atoms in total. The number of urea groups is 1. The number of methoxy groups -OCH3 is 1. The van der Waals surface area contributed by atoms with E-state index in [4.69, 9.17) is 4.74 Å². The van der Waals surface area contributed by atoms with E-state index in [1.807, 2.05) is 6.92 Å². The zero-order valence-electron chi connectivity index (χ0n) is 16.7. The summed E-state index contributed by atoms with van der Waals surface area (Å²) in [5, 5.41) is 5.38. The summed E-state index contributed by atoms with van der Waals surface area (Å²) in [6.07, 6.45) is 3.82. The lowest BCUT2D eigenvalue weighted by atomic mass is 9.94. The van der Waals surface area contributed by atoms with Crippen LogP contribution in [0.15, 0.2) is 40.4 Å². The Labute approximate surface area is 171 Å². The summed E-state index contributed by atoms with van der Waals surface area (Å²) in [6.45, 7) is 2.87. The van der Waals surface area contributed by atoms with Gasteiger partial charge in [-0.1, -0.05) is 38.0 Å². The average molecular weight is 422 g/mol. The molecule has 0 bridgehead atoms. The van der Waals surface area contributed by atoms with Gasteiger partial charge >= 0.3 is 12.0 Å². The lowest BCUT2D eigenvalue weighted by Gasteiger charge is -2.32. The van der Waals surface area contributed by atoms with Crippen molar-refractivity contribution >= 4 is 22.0 Å². The molecule has 0 aromatic heterocycles. The Balaban J connectivity index is 2.13. The third-order valence-electron chi connectivity index (χ3n) is 5.22. The van der Waals surface area contributed by atoms with Crippen LogP contribution < -0.4 is 10.6 Å². The number of carbonyl (C=O) groups is 2. The van der Waals surface area contributed by atoms with E-state index in [1.54, 1.807) is 18.2 Å². The molecule has 29 heavy (non-hydrogen) atoms. The molecule has 0 saturated carbocycles. The topological polar surface area (TPSA) is 105 Å². The summed E-state index contributed by atoms with van der Waals surface area (Å²) in [6, 6.07) is 5.14. The van der Waals surface area contributed by atoms with Crippen molar-refractivity contribution in [2.75, 3.05) is 20.2 Å². The standard InChI is InChI=1S/C20H27N3O5S/c1-3-9-15-17(19(24)28-2)18(22-20(25)21-15)14-10-5-6-11-16(14)29(26,27)23-12-7-4-8-13-23/h5-6,10-11,18H,3-4,7-9,12-13H2,1-2H3,(H2,21,22,25). The maximum atomic E-state index is 13.4. The monoisotopic (exact) mass is 421 g/mol. The maximum Gasteiger partial charge on any atom is 0.337 e. The van der Waals surface area contributed by atoms with Gasteiger partial charge in [0.1, 0.15) is 0 Å². The second-order valence-corrected chi connectivity index (χ2v) is 9.07. The number of ether oxygens (including phenoxy) is 1. The second-order valence-electron chi connectivity index (χ2n) is 7.17. The largest absolute Gasteiger partial charge is 0.466 e. The highest BCUT2D eigenvalue weighted by Crippen LogP contribution is 2.34. The molecule has 2 aliphatic rings. The molecule has 1 aromatic carbocycles. The molecule has 0 spiro atoms. The van der Waals surface area contributed by atoms with Crippen LogP contribution in [0.1, 0.15) is 50.6 Å². The molecule has 2 aliphatic heterocycles. The van der Waals surface area contributed by atoms with E-state index in [1.165, 1.54) is 17.5 Å². The Morgan fingerprint density at radius 2 is 1.90 bits per heavy atom. The van der Waals surface area contributed by atoms with E-state index in [0.717, 1.165) is 19.3 Å². The highest BCUT2D eigenvalue weighted by Gasteiger charge is 2.37. The van der Waals surface area contributed by atoms with Crippen LogP contribution in [-0.4, -0.2) is 44.9 Å². The predicted octanol–water partition coefficient (Wildman–Crippen LogP) is 2.44. The molecule has 2 amide bonds. The highest BCUT2D eigenvalue weighted by molar-refractivity contribution is 7.89. The molecule has 1 unspecified atom stereocenters. The molecule has 158 valence electrons. The molecular weight excluding hydrogens is 394 g/mol. The summed E-state index contributed by atoms with van der Waals surface area (Å²) >= 11 is 0. The van der Waals surface area contributed by atoms with Crippen LogP contribution >= 0.6 is 0 Å². The molecule has 1 aromatic rings. The quantitative estimate of drug-likeness (QED) is 0.687. The molecule has 0 aliphatic carbocycles. The Morgan fingerprint density at radius 3 is 2.55 bits per heavy atom. The van der Waals surface area contributed by atoms with Gasteiger partial charge in [-0.25, -0.2) is 18.0 Å². The van der Waals surface area contributed by atoms with Crippen LogP contribution in [0.3, 0.4) is 0 Å². The summed E-state index contributed by atoms with van der Waals surface area (Å²) in [5.74, 6) is -0.601. The Kier molecular flexibility index (Phi) is 6.59. The molecule has 9 heteroatoms. The number of nitrogens with one attached hydrogen (secondary N) is 2. The van der Waals surface area contributed by atoms with E-state index in [0.29, 0.717) is 37.2 Å². The Hall–Kier alpha value is -2.39. The number of piperidine rings is 1. The number of allylic oxidation sites excluding steroid dienone is 1. The minimum absolute atomic E-state index is 0.103. The SMILES string of the molecule is CCCC1=C(C(=O)OC)C(c2ccccc2S(=O)(=O)N2CCCCC2)NC(=O)N1. The van der Waals surface area contributed by atoms with Crippen molar-refractivity contribution in [2.45, 2.75) is 50.0 Å². The minimum atomic E-state index is -3.76. The van der Waals surface area contributed by atoms with Gasteiger partial charge in [0.05, 0.1) is 23.6 Å². The Morgan fingerprint density at radius 1 is 1.21 bits per heavy atom. The van der Waals surface area contributed by atoms with Crippen LogP contribution in [0.25, 0.3) is 0 Å². The van der Waals surface area contributed by atoms with Crippen molar-refractivity contribution in [3.8, 4) is 0 Å². The third kappa shape index (κ3) is 4.30. The fraction of sp³-hybridized carbons (Fsp3) is 0.500. The van der Waals surface area contributed by atoms with Crippen molar-refractivity contribution in [3.63, 3.8) is 0 Å². The first-order valence-corrected chi connectivity index (χ1v) is 11.3. The van der Waals surface area contributed by atoms with Gasteiger partial charge in [0.15, 0.2) is 0 Å². The molecule has 3 rings (SSSR count). The van der Waals surface area contributed by atoms with Gasteiger partial charge in [0.2, 0.25) is 10.0 Å². The lowest BCUT2D eigenvalue weighted by molar-refractivity contribution is -0.136. The molecule has 1 atom stereocenters. The normalized spacial score (nSPS) is 20.8. The van der Waals surface area contributed by atoms with E-state index < -0.39 is 28.1 Å². The highest BCUT2D eigenvalue weighted by atomic mass is 32.2. The second kappa shape index (κ2) is 8.96. The number of nitrogens with zero attached hydrogens (tertiary/aromatic N) is 1. The number of benzene rings is 1. The number of amides is 2. The van der Waals surface area contributed by atoms with Gasteiger partial charge in [-0.2, -0.15) is 4.31 Å². The van der Waals surface area contributed by atoms with Crippen molar-refractivity contribution in [2.24, 2.45) is 0 Å². The van der Waals surface area contributed by atoms with Crippen LogP contribution in [0.5, 0.6) is 0 Å². The van der Waals surface area contributed by atoms with Crippen molar-refractivity contribution in [1.29, 1.82) is 0 Å². The van der Waals surface area contributed by atoms with Crippen LogP contribution in [0, 0.1) is 0 Å². The van der Waals surface area contributed by atoms with Gasteiger partial charge in [0.25, 0.3) is 0 Å². The fourth-order valence-electron chi connectivity index (χ4n) is 3.85. The number of esters is 1. The number of hydrogen-bond acceptors (Lipinski definition) is 5. The summed E-state index contributed by atoms with van der Waals surface area (Å²) in [4.78, 5) is 25.0. The van der Waals surface area contributed by atoms with E-state index >= 15 is 0 Å². The smallest absolute Gasteiger partial charge is 0.337 e. The van der Waals surface area contributed by atoms with Crippen LogP contribution in [0.4, 0.5) is 4.79 Å². The summed E-state index contributed by atoms with van der Waals surface area (Å²) in [5.41, 5.74) is 1.05. The number of carbonyl (C=O) groups excluding carboxylic acids is 2. The first kappa shape index (κ1) is 21.3. The molecule has 2 N–H and O–H groups in total. The Bertz CT molecular complexity index is 920. The van der Waals surface area contributed by atoms with Crippen LogP contribution in [-0.2, 0) is 19.6 Å². The zero-order chi connectivity index (χ0) is 21.0. The molecule has 1 saturated heterocycles. The van der Waals surface area contributed by atoms with E-state index in [2.05, 4.69) is 10.6 Å². The first-order chi connectivity index (χ1) is 13.9. The van der Waals surface area contributed by atoms with E-state index in [-0.39, 0.29) is 10.5 Å². The fourth-order valence-corrected chi connectivity index (χ4v) is 5.60. The number of rotatable bonds is 6. The summed E-state index contributed by atoms with van der Waals surface area (Å²) in [7, 11) is -2.49. The van der Waals surface area contributed by atoms with E-state index in [9.17, 15) is 18.0 Å². The minimum Gasteiger partial charge on any atom is -0.466 e. The predicted molar refractivity (Wildman–Crippen MR) is 107 cm³/mol. The van der Waals surface area contributed by atoms with Gasteiger partial charge in [0, 0.05) is 18.8 Å². The molecular formula is C20H27N3O5S. The first-order valence-electron chi connectivity index (χ1n) is 9.88. The van der Waals surface area contributed by atoms with Gasteiger partial charge in [-0.05, 0) is 30.9 Å². The maximum absolute atomic E-state index is 13.4. The zero-order valence-corrected chi connectivity index (χ0v) is 17.5. The molecule has 0 radical (unpaired) electrons. The number of sulfonamides is 1. The van der Waals surface area contributed by atoms with Crippen LogP contribution in [0.2, 0.25) is 0 Å². The van der Waals surface area contributed by atoms with Gasteiger partial charge in [-0.3, -0.25) is 0 Å². The van der Waals surface area contributed by atoms with Crippen molar-refractivity contribution in [1.82, 2.24) is 14.9 Å².